The summed E-state index contributed by atoms with van der Waals surface area (Å²) in [5, 5.41) is 9.03. The predicted octanol–water partition coefficient (Wildman–Crippen LogP) is 2.05. The zero-order valence-electron chi connectivity index (χ0n) is 14.3. The number of rotatable bonds is 5. The maximum absolute atomic E-state index is 12.3. The van der Waals surface area contributed by atoms with Crippen LogP contribution in [0, 0.1) is 11.3 Å². The number of nitrogens with zero attached hydrogens (tertiary/aromatic N) is 4. The van der Waals surface area contributed by atoms with Crippen LogP contribution in [0.2, 0.25) is 0 Å². The SMILES string of the molecule is COc1ccc(/C=C/C(=O)N2CC[C@H](Oc3nccnc3C#N)C2)cc1. The van der Waals surface area contributed by atoms with E-state index >= 15 is 0 Å². The zero-order valence-corrected chi connectivity index (χ0v) is 14.3. The highest BCUT2D eigenvalue weighted by Gasteiger charge is 2.27. The molecule has 0 saturated carbocycles. The fourth-order valence-corrected chi connectivity index (χ4v) is 2.66. The average molecular weight is 350 g/mol. The smallest absolute Gasteiger partial charge is 0.251 e. The van der Waals surface area contributed by atoms with Crippen molar-refractivity contribution in [2.24, 2.45) is 0 Å². The lowest BCUT2D eigenvalue weighted by atomic mass is 10.2. The highest BCUT2D eigenvalue weighted by Crippen LogP contribution is 2.19. The molecular weight excluding hydrogens is 332 g/mol. The molecule has 1 aliphatic heterocycles. The average Bonchev–Trinajstić information content (AvgIpc) is 3.15. The van der Waals surface area contributed by atoms with Crippen molar-refractivity contribution in [1.82, 2.24) is 14.9 Å². The van der Waals surface area contributed by atoms with E-state index in [1.165, 1.54) is 12.4 Å². The fraction of sp³-hybridized carbons (Fsp3) is 0.263. The molecule has 2 aromatic rings. The van der Waals surface area contributed by atoms with Crippen LogP contribution in [-0.4, -0.2) is 47.1 Å². The number of benzene rings is 1. The molecule has 1 fully saturated rings. The molecule has 0 bridgehead atoms. The second-order valence-corrected chi connectivity index (χ2v) is 5.74. The topological polar surface area (TPSA) is 88.3 Å². The van der Waals surface area contributed by atoms with Gasteiger partial charge < -0.3 is 14.4 Å². The van der Waals surface area contributed by atoms with Crippen LogP contribution in [0.25, 0.3) is 6.08 Å². The van der Waals surface area contributed by atoms with Gasteiger partial charge in [0.05, 0.1) is 13.7 Å². The first-order valence-electron chi connectivity index (χ1n) is 8.18. The van der Waals surface area contributed by atoms with Crippen molar-refractivity contribution in [2.45, 2.75) is 12.5 Å². The Labute approximate surface area is 151 Å². The lowest BCUT2D eigenvalue weighted by Crippen LogP contribution is -2.29. The van der Waals surface area contributed by atoms with E-state index in [1.54, 1.807) is 24.2 Å². The number of hydrogen-bond acceptors (Lipinski definition) is 6. The van der Waals surface area contributed by atoms with Gasteiger partial charge in [-0.3, -0.25) is 4.79 Å². The summed E-state index contributed by atoms with van der Waals surface area (Å²) in [4.78, 5) is 22.0. The Bertz CT molecular complexity index is 843. The Morgan fingerprint density at radius 3 is 2.81 bits per heavy atom. The first-order chi connectivity index (χ1) is 12.7. The normalized spacial score (nSPS) is 16.5. The van der Waals surface area contributed by atoms with E-state index in [1.807, 2.05) is 30.3 Å². The number of aromatic nitrogens is 2. The fourth-order valence-electron chi connectivity index (χ4n) is 2.66. The molecule has 7 heteroatoms. The molecule has 0 spiro atoms. The van der Waals surface area contributed by atoms with E-state index in [-0.39, 0.29) is 23.6 Å². The van der Waals surface area contributed by atoms with Gasteiger partial charge in [-0.15, -0.1) is 0 Å². The summed E-state index contributed by atoms with van der Waals surface area (Å²) in [6.45, 7) is 1.05. The van der Waals surface area contributed by atoms with Gasteiger partial charge in [-0.2, -0.15) is 5.26 Å². The second kappa shape index (κ2) is 8.12. The van der Waals surface area contributed by atoms with Gasteiger partial charge >= 0.3 is 0 Å². The summed E-state index contributed by atoms with van der Waals surface area (Å²) in [6, 6.07) is 9.41. The summed E-state index contributed by atoms with van der Waals surface area (Å²) in [5.41, 5.74) is 1.07. The van der Waals surface area contributed by atoms with Gasteiger partial charge in [0, 0.05) is 31.4 Å². The van der Waals surface area contributed by atoms with E-state index in [0.29, 0.717) is 19.5 Å². The Balaban J connectivity index is 1.56. The largest absolute Gasteiger partial charge is 0.497 e. The van der Waals surface area contributed by atoms with E-state index in [0.717, 1.165) is 11.3 Å². The third-order valence-electron chi connectivity index (χ3n) is 4.04. The van der Waals surface area contributed by atoms with Crippen LogP contribution in [0.4, 0.5) is 0 Å². The Kier molecular flexibility index (Phi) is 5.44. The summed E-state index contributed by atoms with van der Waals surface area (Å²) in [6.07, 6.45) is 6.73. The molecule has 2 heterocycles. The van der Waals surface area contributed by atoms with E-state index in [2.05, 4.69) is 9.97 Å². The van der Waals surface area contributed by atoms with Gasteiger partial charge in [-0.05, 0) is 23.8 Å². The lowest BCUT2D eigenvalue weighted by Gasteiger charge is -2.15. The summed E-state index contributed by atoms with van der Waals surface area (Å²) in [5.74, 6) is 0.906. The minimum atomic E-state index is -0.197. The molecule has 0 unspecified atom stereocenters. The van der Waals surface area contributed by atoms with Gasteiger partial charge in [0.15, 0.2) is 0 Å². The van der Waals surface area contributed by atoms with Crippen LogP contribution in [0.5, 0.6) is 11.6 Å². The number of likely N-dealkylation sites (tertiary alicyclic amines) is 1. The molecule has 3 rings (SSSR count). The molecule has 1 aromatic carbocycles. The summed E-state index contributed by atoms with van der Waals surface area (Å²) >= 11 is 0. The van der Waals surface area contributed by atoms with Gasteiger partial charge in [-0.25, -0.2) is 9.97 Å². The van der Waals surface area contributed by atoms with Crippen molar-refractivity contribution in [3.05, 3.63) is 54.0 Å². The maximum atomic E-state index is 12.3. The van der Waals surface area contributed by atoms with Crippen LogP contribution in [0.1, 0.15) is 17.7 Å². The number of ether oxygens (including phenoxy) is 2. The summed E-state index contributed by atoms with van der Waals surface area (Å²) in [7, 11) is 1.61. The van der Waals surface area contributed by atoms with Crippen molar-refractivity contribution >= 4 is 12.0 Å². The molecule has 0 N–H and O–H groups in total. The van der Waals surface area contributed by atoms with Crippen LogP contribution in [0.15, 0.2) is 42.7 Å². The van der Waals surface area contributed by atoms with Gasteiger partial charge in [0.2, 0.25) is 11.6 Å². The monoisotopic (exact) mass is 350 g/mol. The van der Waals surface area contributed by atoms with Crippen LogP contribution in [0.3, 0.4) is 0 Å². The summed E-state index contributed by atoms with van der Waals surface area (Å²) < 4.78 is 10.8. The second-order valence-electron chi connectivity index (χ2n) is 5.74. The van der Waals surface area contributed by atoms with Gasteiger partial charge in [-0.1, -0.05) is 12.1 Å². The quantitative estimate of drug-likeness (QED) is 0.767. The van der Waals surface area contributed by atoms with Crippen LogP contribution in [-0.2, 0) is 4.79 Å². The molecule has 26 heavy (non-hydrogen) atoms. The molecule has 1 amide bonds. The van der Waals surface area contributed by atoms with Crippen molar-refractivity contribution in [1.29, 1.82) is 5.26 Å². The number of carbonyl (C=O) groups is 1. The molecule has 132 valence electrons. The standard InChI is InChI=1S/C19H18N4O3/c1-25-15-5-2-14(3-6-15)4-7-18(24)23-11-8-16(13-23)26-19-17(12-20)21-9-10-22-19/h2-7,9-10,16H,8,11,13H2,1H3/b7-4+/t16-/m0/s1. The molecule has 1 aromatic heterocycles. The van der Waals surface area contributed by atoms with Crippen molar-refractivity contribution in [3.8, 4) is 17.7 Å². The first kappa shape index (κ1) is 17.4. The van der Waals surface area contributed by atoms with Crippen molar-refractivity contribution in [3.63, 3.8) is 0 Å². The third kappa shape index (κ3) is 4.16. The minimum Gasteiger partial charge on any atom is -0.497 e. The molecule has 1 saturated heterocycles. The number of hydrogen-bond donors (Lipinski definition) is 0. The molecule has 7 nitrogen and oxygen atoms in total. The molecule has 1 aliphatic rings. The Morgan fingerprint density at radius 1 is 1.31 bits per heavy atom. The van der Waals surface area contributed by atoms with E-state index in [9.17, 15) is 4.79 Å². The highest BCUT2D eigenvalue weighted by molar-refractivity contribution is 5.92. The lowest BCUT2D eigenvalue weighted by molar-refractivity contribution is -0.125. The molecular formula is C19H18N4O3. The Hall–Kier alpha value is -3.40. The highest BCUT2D eigenvalue weighted by atomic mass is 16.5. The molecule has 1 atom stereocenters. The van der Waals surface area contributed by atoms with Crippen molar-refractivity contribution in [2.75, 3.05) is 20.2 Å². The number of amides is 1. The minimum absolute atomic E-state index is 0.0772. The van der Waals surface area contributed by atoms with Crippen molar-refractivity contribution < 1.29 is 14.3 Å². The first-order valence-corrected chi connectivity index (χ1v) is 8.18. The third-order valence-corrected chi connectivity index (χ3v) is 4.04. The van der Waals surface area contributed by atoms with E-state index < -0.39 is 0 Å². The number of nitriles is 1. The maximum Gasteiger partial charge on any atom is 0.251 e. The van der Waals surface area contributed by atoms with Gasteiger partial charge in [0.25, 0.3) is 5.88 Å². The van der Waals surface area contributed by atoms with Gasteiger partial charge in [0.1, 0.15) is 17.9 Å². The van der Waals surface area contributed by atoms with E-state index in [4.69, 9.17) is 14.7 Å². The molecule has 0 radical (unpaired) electrons. The zero-order chi connectivity index (χ0) is 18.4. The number of methoxy groups -OCH3 is 1. The number of carbonyl (C=O) groups excluding carboxylic acids is 1. The molecule has 0 aliphatic carbocycles. The van der Waals surface area contributed by atoms with Crippen LogP contribution >= 0.6 is 0 Å². The predicted molar refractivity (Wildman–Crippen MR) is 94.4 cm³/mol. The Morgan fingerprint density at radius 2 is 2.08 bits per heavy atom. The van der Waals surface area contributed by atoms with Crippen LogP contribution < -0.4 is 9.47 Å².